The summed E-state index contributed by atoms with van der Waals surface area (Å²) in [4.78, 5) is 0. The van der Waals surface area contributed by atoms with E-state index in [0.717, 1.165) is 0 Å². The smallest absolute Gasteiger partial charge is 0.0219 e. The van der Waals surface area contributed by atoms with Gasteiger partial charge in [-0.25, -0.2) is 0 Å². The first kappa shape index (κ1) is 11.5. The van der Waals surface area contributed by atoms with Crippen LogP contribution in [0.2, 0.25) is 0 Å². The van der Waals surface area contributed by atoms with Crippen LogP contribution in [0.1, 0.15) is 13.8 Å². The molecule has 0 fully saturated rings. The van der Waals surface area contributed by atoms with Gasteiger partial charge in [0, 0.05) is 0 Å². The van der Waals surface area contributed by atoms with E-state index in [2.05, 4.69) is 38.2 Å². The zero-order chi connectivity index (χ0) is 10.9. The van der Waals surface area contributed by atoms with E-state index in [0.29, 0.717) is 5.92 Å². The van der Waals surface area contributed by atoms with Crippen molar-refractivity contribution in [2.24, 2.45) is 5.92 Å². The fourth-order valence-corrected chi connectivity index (χ4v) is 1.22. The normalized spacial score (nSPS) is 16.3. The Morgan fingerprint density at radius 2 is 1.13 bits per heavy atom. The maximum absolute atomic E-state index is 2.20. The van der Waals surface area contributed by atoms with E-state index in [9.17, 15) is 0 Å². The molecular formula is C15H18. The van der Waals surface area contributed by atoms with Gasteiger partial charge >= 0.3 is 0 Å². The fourth-order valence-electron chi connectivity index (χ4n) is 1.22. The predicted molar refractivity (Wildman–Crippen MR) is 68.6 cm³/mol. The third-order valence-electron chi connectivity index (χ3n) is 2.13. The highest BCUT2D eigenvalue weighted by Crippen LogP contribution is 2.11. The van der Waals surface area contributed by atoms with Gasteiger partial charge in [-0.2, -0.15) is 0 Å². The molecule has 0 amide bonds. The fraction of sp³-hybridized carbons (Fsp3) is 0.200. The van der Waals surface area contributed by atoms with Crippen LogP contribution < -0.4 is 0 Å². The number of hydrogen-bond donors (Lipinski definition) is 0. The van der Waals surface area contributed by atoms with E-state index in [4.69, 9.17) is 0 Å². The molecule has 0 radical (unpaired) electrons. The van der Waals surface area contributed by atoms with Gasteiger partial charge in [0.1, 0.15) is 0 Å². The summed E-state index contributed by atoms with van der Waals surface area (Å²) in [5, 5.41) is 0. The Bertz CT molecular complexity index is 344. The monoisotopic (exact) mass is 198 g/mol. The third-order valence-corrected chi connectivity index (χ3v) is 2.13. The molecule has 0 heteroatoms. The quantitative estimate of drug-likeness (QED) is 0.587. The molecule has 0 atom stereocenters. The van der Waals surface area contributed by atoms with Gasteiger partial charge in [-0.3, -0.25) is 0 Å². The second-order valence-electron chi connectivity index (χ2n) is 3.72. The lowest BCUT2D eigenvalue weighted by molar-refractivity contribution is 0.792. The molecule has 0 aromatic heterocycles. The van der Waals surface area contributed by atoms with Gasteiger partial charge < -0.3 is 0 Å². The van der Waals surface area contributed by atoms with Crippen molar-refractivity contribution in [2.45, 2.75) is 13.8 Å². The van der Waals surface area contributed by atoms with Crippen LogP contribution in [0.15, 0.2) is 72.4 Å². The number of hydrogen-bond acceptors (Lipinski definition) is 0. The average molecular weight is 198 g/mol. The van der Waals surface area contributed by atoms with E-state index in [1.54, 1.807) is 0 Å². The summed E-state index contributed by atoms with van der Waals surface area (Å²) in [6.07, 6.45) is 22.7. The van der Waals surface area contributed by atoms with Crippen LogP contribution in [0, 0.1) is 5.92 Å². The first-order chi connectivity index (χ1) is 7.30. The first-order valence-electron chi connectivity index (χ1n) is 5.35. The molecule has 1 aliphatic rings. The summed E-state index contributed by atoms with van der Waals surface area (Å²) < 4.78 is 0. The second kappa shape index (κ2) is 6.83. The van der Waals surface area contributed by atoms with Gasteiger partial charge in [0.2, 0.25) is 0 Å². The Balaban J connectivity index is 2.87. The second-order valence-corrected chi connectivity index (χ2v) is 3.72. The van der Waals surface area contributed by atoms with Crippen LogP contribution in [0.25, 0.3) is 0 Å². The SMILES string of the molecule is CC(C)C1=CC=CC=CC=CC=CC=C1. The molecular weight excluding hydrogens is 180 g/mol. The van der Waals surface area contributed by atoms with E-state index in [1.807, 2.05) is 42.5 Å². The van der Waals surface area contributed by atoms with Crippen molar-refractivity contribution >= 4 is 0 Å². The lowest BCUT2D eigenvalue weighted by Crippen LogP contribution is -1.89. The minimum atomic E-state index is 0.557. The molecule has 1 rings (SSSR count). The summed E-state index contributed by atoms with van der Waals surface area (Å²) >= 11 is 0. The molecule has 0 saturated carbocycles. The van der Waals surface area contributed by atoms with Crippen LogP contribution in [-0.2, 0) is 0 Å². The van der Waals surface area contributed by atoms with Gasteiger partial charge in [-0.05, 0) is 11.5 Å². The Kier molecular flexibility index (Phi) is 5.24. The topological polar surface area (TPSA) is 0 Å². The van der Waals surface area contributed by atoms with E-state index in [-0.39, 0.29) is 0 Å². The lowest BCUT2D eigenvalue weighted by Gasteiger charge is -2.04. The summed E-state index contributed by atoms with van der Waals surface area (Å²) in [6.45, 7) is 4.41. The summed E-state index contributed by atoms with van der Waals surface area (Å²) in [5.74, 6) is 0.557. The number of allylic oxidation sites excluding steroid dienone is 12. The molecule has 15 heavy (non-hydrogen) atoms. The van der Waals surface area contributed by atoms with Gasteiger partial charge in [-0.15, -0.1) is 0 Å². The molecule has 0 aliphatic heterocycles. The zero-order valence-electron chi connectivity index (χ0n) is 9.43. The summed E-state index contributed by atoms with van der Waals surface area (Å²) in [6, 6.07) is 0. The minimum Gasteiger partial charge on any atom is -0.0623 e. The van der Waals surface area contributed by atoms with Crippen LogP contribution in [-0.4, -0.2) is 0 Å². The molecule has 0 unspecified atom stereocenters. The van der Waals surface area contributed by atoms with E-state index >= 15 is 0 Å². The Hall–Kier alpha value is -1.56. The van der Waals surface area contributed by atoms with E-state index < -0.39 is 0 Å². The van der Waals surface area contributed by atoms with Crippen molar-refractivity contribution in [1.29, 1.82) is 0 Å². The predicted octanol–water partition coefficient (Wildman–Crippen LogP) is 4.36. The van der Waals surface area contributed by atoms with E-state index in [1.165, 1.54) is 5.57 Å². The van der Waals surface area contributed by atoms with Crippen molar-refractivity contribution in [1.82, 2.24) is 0 Å². The molecule has 0 bridgehead atoms. The largest absolute Gasteiger partial charge is 0.0623 e. The van der Waals surface area contributed by atoms with Crippen molar-refractivity contribution in [3.63, 3.8) is 0 Å². The molecule has 0 aromatic rings. The van der Waals surface area contributed by atoms with Crippen molar-refractivity contribution < 1.29 is 0 Å². The Morgan fingerprint density at radius 3 is 1.67 bits per heavy atom. The summed E-state index contributed by atoms with van der Waals surface area (Å²) in [5.41, 5.74) is 1.34. The van der Waals surface area contributed by atoms with Gasteiger partial charge in [-0.1, -0.05) is 80.7 Å². The maximum atomic E-state index is 2.20. The van der Waals surface area contributed by atoms with Crippen LogP contribution in [0.5, 0.6) is 0 Å². The zero-order valence-corrected chi connectivity index (χ0v) is 9.43. The molecule has 0 spiro atoms. The molecule has 0 aromatic carbocycles. The maximum Gasteiger partial charge on any atom is -0.0219 e. The van der Waals surface area contributed by atoms with Crippen LogP contribution in [0.3, 0.4) is 0 Å². The van der Waals surface area contributed by atoms with Crippen molar-refractivity contribution in [2.75, 3.05) is 0 Å². The van der Waals surface area contributed by atoms with Crippen LogP contribution >= 0.6 is 0 Å². The average Bonchev–Trinajstić information content (AvgIpc) is 2.18. The third kappa shape index (κ3) is 5.02. The molecule has 78 valence electrons. The Morgan fingerprint density at radius 1 is 0.667 bits per heavy atom. The van der Waals surface area contributed by atoms with Gasteiger partial charge in [0.15, 0.2) is 0 Å². The standard InChI is InChI=1S/C15H18/c1-14(2)15-12-10-8-6-4-3-5-7-9-11-13-15/h3-14H,1-2H3. The summed E-state index contributed by atoms with van der Waals surface area (Å²) in [7, 11) is 0. The highest BCUT2D eigenvalue weighted by atomic mass is 14.0. The lowest BCUT2D eigenvalue weighted by atomic mass is 10.0. The minimum absolute atomic E-state index is 0.557. The van der Waals surface area contributed by atoms with Gasteiger partial charge in [0.05, 0.1) is 0 Å². The molecule has 0 N–H and O–H groups in total. The van der Waals surface area contributed by atoms with Crippen LogP contribution in [0.4, 0.5) is 0 Å². The molecule has 0 nitrogen and oxygen atoms in total. The van der Waals surface area contributed by atoms with Gasteiger partial charge in [0.25, 0.3) is 0 Å². The highest BCUT2D eigenvalue weighted by Gasteiger charge is 1.95. The van der Waals surface area contributed by atoms with Crippen molar-refractivity contribution in [3.8, 4) is 0 Å². The highest BCUT2D eigenvalue weighted by molar-refractivity contribution is 5.30. The Labute approximate surface area is 92.7 Å². The molecule has 1 aliphatic carbocycles. The van der Waals surface area contributed by atoms with Crippen molar-refractivity contribution in [3.05, 3.63) is 72.4 Å². The molecule has 0 saturated heterocycles. The first-order valence-corrected chi connectivity index (χ1v) is 5.35. The molecule has 0 heterocycles. The number of rotatable bonds is 1.